The fraction of sp³-hybridized carbons (Fsp3) is 0.294. The van der Waals surface area contributed by atoms with Gasteiger partial charge >= 0.3 is 0 Å². The highest BCUT2D eigenvalue weighted by Crippen LogP contribution is 2.27. The second kappa shape index (κ2) is 6.62. The van der Waals surface area contributed by atoms with Crippen molar-refractivity contribution in [3.63, 3.8) is 0 Å². The summed E-state index contributed by atoms with van der Waals surface area (Å²) in [5.41, 5.74) is 2.32. The monoisotopic (exact) mass is 275 g/mol. The molecular formula is C17H19F2N. The van der Waals surface area contributed by atoms with Crippen LogP contribution in [0, 0.1) is 18.6 Å². The Kier molecular flexibility index (Phi) is 4.85. The molecule has 2 rings (SSSR count). The topological polar surface area (TPSA) is 12.0 Å². The fourth-order valence-electron chi connectivity index (χ4n) is 2.35. The zero-order chi connectivity index (χ0) is 14.5. The molecule has 1 atom stereocenters. The van der Waals surface area contributed by atoms with Gasteiger partial charge in [-0.25, -0.2) is 8.78 Å². The minimum Gasteiger partial charge on any atom is -0.306 e. The van der Waals surface area contributed by atoms with E-state index >= 15 is 0 Å². The molecule has 0 aliphatic heterocycles. The lowest BCUT2D eigenvalue weighted by Gasteiger charge is -2.22. The van der Waals surface area contributed by atoms with Crippen molar-refractivity contribution < 1.29 is 8.78 Å². The number of nitrogens with one attached hydrogen (secondary N) is 1. The molecule has 2 aromatic rings. The third kappa shape index (κ3) is 3.23. The zero-order valence-electron chi connectivity index (χ0n) is 11.8. The number of benzene rings is 2. The van der Waals surface area contributed by atoms with Gasteiger partial charge in [-0.15, -0.1) is 0 Å². The Balaban J connectivity index is 2.44. The molecule has 3 heteroatoms. The van der Waals surface area contributed by atoms with Crippen LogP contribution in [0.5, 0.6) is 0 Å². The number of aryl methyl sites for hydroxylation is 1. The van der Waals surface area contributed by atoms with Crippen LogP contribution in [0.3, 0.4) is 0 Å². The smallest absolute Gasteiger partial charge is 0.128 e. The van der Waals surface area contributed by atoms with E-state index in [1.165, 1.54) is 18.2 Å². The highest BCUT2D eigenvalue weighted by Gasteiger charge is 2.18. The molecule has 0 radical (unpaired) electrons. The lowest BCUT2D eigenvalue weighted by atomic mass is 9.94. The van der Waals surface area contributed by atoms with Crippen molar-refractivity contribution in [1.29, 1.82) is 0 Å². The summed E-state index contributed by atoms with van der Waals surface area (Å²) in [6.07, 6.45) is 0.950. The highest BCUT2D eigenvalue weighted by molar-refractivity contribution is 5.37. The van der Waals surface area contributed by atoms with Gasteiger partial charge in [-0.3, -0.25) is 0 Å². The third-order valence-corrected chi connectivity index (χ3v) is 3.36. The molecule has 106 valence electrons. The van der Waals surface area contributed by atoms with Crippen molar-refractivity contribution in [2.24, 2.45) is 0 Å². The van der Waals surface area contributed by atoms with Gasteiger partial charge in [0.2, 0.25) is 0 Å². The molecule has 0 aliphatic carbocycles. The van der Waals surface area contributed by atoms with Crippen LogP contribution in [0.4, 0.5) is 8.78 Å². The molecule has 0 fully saturated rings. The standard InChI is InChI=1S/C17H19F2N/c1-3-10-20-17(15-6-4-5-7-16(15)19)14-9-8-13(18)11-12(14)2/h4-9,11,17,20H,3,10H2,1-2H3. The summed E-state index contributed by atoms with van der Waals surface area (Å²) in [6, 6.07) is 11.1. The first-order valence-corrected chi connectivity index (χ1v) is 6.87. The summed E-state index contributed by atoms with van der Waals surface area (Å²) in [7, 11) is 0. The first-order chi connectivity index (χ1) is 9.63. The van der Waals surface area contributed by atoms with Crippen LogP contribution in [-0.4, -0.2) is 6.54 Å². The Morgan fingerprint density at radius 2 is 1.80 bits per heavy atom. The first-order valence-electron chi connectivity index (χ1n) is 6.87. The van der Waals surface area contributed by atoms with Crippen molar-refractivity contribution in [1.82, 2.24) is 5.32 Å². The summed E-state index contributed by atoms with van der Waals surface area (Å²) in [6.45, 7) is 4.68. The minimum atomic E-state index is -0.269. The molecule has 0 spiro atoms. The van der Waals surface area contributed by atoms with Crippen LogP contribution >= 0.6 is 0 Å². The van der Waals surface area contributed by atoms with Crippen molar-refractivity contribution in [2.45, 2.75) is 26.3 Å². The Hall–Kier alpha value is -1.74. The molecule has 2 aromatic carbocycles. The van der Waals surface area contributed by atoms with Crippen molar-refractivity contribution in [3.05, 3.63) is 70.8 Å². The van der Waals surface area contributed by atoms with Gasteiger partial charge in [0, 0.05) is 5.56 Å². The molecule has 0 aliphatic rings. The van der Waals surface area contributed by atoms with E-state index in [-0.39, 0.29) is 17.7 Å². The van der Waals surface area contributed by atoms with Crippen LogP contribution in [0.15, 0.2) is 42.5 Å². The van der Waals surface area contributed by atoms with E-state index in [0.717, 1.165) is 24.1 Å². The molecular weight excluding hydrogens is 256 g/mol. The van der Waals surface area contributed by atoms with Crippen LogP contribution in [0.2, 0.25) is 0 Å². The molecule has 0 saturated heterocycles. The Morgan fingerprint density at radius 1 is 1.05 bits per heavy atom. The van der Waals surface area contributed by atoms with Gasteiger partial charge in [0.15, 0.2) is 0 Å². The zero-order valence-corrected chi connectivity index (χ0v) is 11.8. The van der Waals surface area contributed by atoms with E-state index in [2.05, 4.69) is 12.2 Å². The predicted octanol–water partition coefficient (Wildman–Crippen LogP) is 4.36. The van der Waals surface area contributed by atoms with Gasteiger partial charge in [0.05, 0.1) is 6.04 Å². The fourth-order valence-corrected chi connectivity index (χ4v) is 2.35. The Morgan fingerprint density at radius 3 is 2.45 bits per heavy atom. The lowest BCUT2D eigenvalue weighted by molar-refractivity contribution is 0.544. The molecule has 1 unspecified atom stereocenters. The number of halogens is 2. The van der Waals surface area contributed by atoms with Crippen LogP contribution in [0.1, 0.15) is 36.1 Å². The van der Waals surface area contributed by atoms with Crippen LogP contribution in [-0.2, 0) is 0 Å². The van der Waals surface area contributed by atoms with Crippen molar-refractivity contribution in [3.8, 4) is 0 Å². The maximum absolute atomic E-state index is 14.0. The lowest BCUT2D eigenvalue weighted by Crippen LogP contribution is -2.24. The van der Waals surface area contributed by atoms with E-state index in [0.29, 0.717) is 5.56 Å². The average Bonchev–Trinajstić information content (AvgIpc) is 2.42. The normalized spacial score (nSPS) is 12.4. The van der Waals surface area contributed by atoms with Crippen molar-refractivity contribution in [2.75, 3.05) is 6.54 Å². The van der Waals surface area contributed by atoms with Gasteiger partial charge in [-0.1, -0.05) is 31.2 Å². The molecule has 0 heterocycles. The summed E-state index contributed by atoms with van der Waals surface area (Å²) in [4.78, 5) is 0. The second-order valence-corrected chi connectivity index (χ2v) is 4.91. The SMILES string of the molecule is CCCNC(c1ccc(F)cc1C)c1ccccc1F. The largest absolute Gasteiger partial charge is 0.306 e. The predicted molar refractivity (Wildman–Crippen MR) is 77.7 cm³/mol. The quantitative estimate of drug-likeness (QED) is 0.854. The van der Waals surface area contributed by atoms with E-state index in [4.69, 9.17) is 0 Å². The summed E-state index contributed by atoms with van der Waals surface area (Å²) in [5, 5.41) is 3.34. The molecule has 0 amide bonds. The Bertz CT molecular complexity index is 581. The van der Waals surface area contributed by atoms with E-state index in [1.54, 1.807) is 18.2 Å². The summed E-state index contributed by atoms with van der Waals surface area (Å²) >= 11 is 0. The van der Waals surface area contributed by atoms with Gasteiger partial charge in [-0.2, -0.15) is 0 Å². The molecule has 1 N–H and O–H groups in total. The van der Waals surface area contributed by atoms with Crippen LogP contribution in [0.25, 0.3) is 0 Å². The summed E-state index contributed by atoms with van der Waals surface area (Å²) in [5.74, 6) is -0.515. The van der Waals surface area contributed by atoms with Crippen LogP contribution < -0.4 is 5.32 Å². The minimum absolute atomic E-state index is 0.246. The Labute approximate surface area is 118 Å². The second-order valence-electron chi connectivity index (χ2n) is 4.91. The highest BCUT2D eigenvalue weighted by atomic mass is 19.1. The first kappa shape index (κ1) is 14.7. The van der Waals surface area contributed by atoms with E-state index in [1.807, 2.05) is 13.0 Å². The number of hydrogen-bond acceptors (Lipinski definition) is 1. The van der Waals surface area contributed by atoms with Gasteiger partial charge in [0.25, 0.3) is 0 Å². The molecule has 1 nitrogen and oxygen atoms in total. The maximum atomic E-state index is 14.0. The summed E-state index contributed by atoms with van der Waals surface area (Å²) < 4.78 is 27.3. The van der Waals surface area contributed by atoms with E-state index in [9.17, 15) is 8.78 Å². The maximum Gasteiger partial charge on any atom is 0.128 e. The third-order valence-electron chi connectivity index (χ3n) is 3.36. The molecule has 0 bridgehead atoms. The number of rotatable bonds is 5. The van der Waals surface area contributed by atoms with Gasteiger partial charge in [-0.05, 0) is 49.2 Å². The molecule has 20 heavy (non-hydrogen) atoms. The van der Waals surface area contributed by atoms with Crippen molar-refractivity contribution >= 4 is 0 Å². The van der Waals surface area contributed by atoms with E-state index < -0.39 is 0 Å². The number of hydrogen-bond donors (Lipinski definition) is 1. The molecule has 0 saturated carbocycles. The molecule has 0 aromatic heterocycles. The van der Waals surface area contributed by atoms with Gasteiger partial charge in [0.1, 0.15) is 11.6 Å². The average molecular weight is 275 g/mol. The van der Waals surface area contributed by atoms with Gasteiger partial charge < -0.3 is 5.32 Å².